The zero-order valence-electron chi connectivity index (χ0n) is 9.11. The topological polar surface area (TPSA) is 68.9 Å². The van der Waals surface area contributed by atoms with E-state index in [2.05, 4.69) is 0 Å². The molecular formula is C11H9IO5. The van der Waals surface area contributed by atoms with Crippen LogP contribution in [-0.4, -0.2) is 19.3 Å². The fraction of sp³-hybridized carbons (Fsp3) is 0.182. The molecule has 0 amide bonds. The van der Waals surface area contributed by atoms with Gasteiger partial charge in [-0.15, -0.1) is 0 Å². The quantitative estimate of drug-likeness (QED) is 0.665. The number of ether oxygens (including phenoxy) is 2. The molecule has 0 radical (unpaired) electrons. The number of hydrogen-bond donors (Lipinski definition) is 1. The second-order valence-electron chi connectivity index (χ2n) is 3.23. The summed E-state index contributed by atoms with van der Waals surface area (Å²) in [6, 6.07) is 3.11. The van der Waals surface area contributed by atoms with Crippen LogP contribution >= 0.6 is 22.6 Å². The number of fused-ring (bicyclic) bond motifs is 1. The third kappa shape index (κ3) is 1.82. The Kier molecular flexibility index (Phi) is 3.14. The first-order valence-electron chi connectivity index (χ1n) is 4.66. The molecule has 1 aromatic carbocycles. The Labute approximate surface area is 110 Å². The van der Waals surface area contributed by atoms with Crippen molar-refractivity contribution in [3.63, 3.8) is 0 Å². The van der Waals surface area contributed by atoms with Gasteiger partial charge in [0.05, 0.1) is 23.2 Å². The highest BCUT2D eigenvalue weighted by atomic mass is 127. The predicted molar refractivity (Wildman–Crippen MR) is 70.0 cm³/mol. The van der Waals surface area contributed by atoms with E-state index >= 15 is 0 Å². The van der Waals surface area contributed by atoms with E-state index in [1.807, 2.05) is 22.6 Å². The van der Waals surface area contributed by atoms with Gasteiger partial charge in [-0.05, 0) is 34.7 Å². The van der Waals surface area contributed by atoms with Crippen molar-refractivity contribution in [1.82, 2.24) is 0 Å². The summed E-state index contributed by atoms with van der Waals surface area (Å²) in [5, 5.41) is 10.1. The van der Waals surface area contributed by atoms with Crippen molar-refractivity contribution in [2.24, 2.45) is 0 Å². The minimum atomic E-state index is -0.639. The highest BCUT2D eigenvalue weighted by Gasteiger charge is 2.18. The van der Waals surface area contributed by atoms with E-state index in [9.17, 15) is 9.90 Å². The summed E-state index contributed by atoms with van der Waals surface area (Å²) in [7, 11) is 2.81. The van der Waals surface area contributed by atoms with Crippen LogP contribution < -0.4 is 15.1 Å². The lowest BCUT2D eigenvalue weighted by Crippen LogP contribution is -2.06. The van der Waals surface area contributed by atoms with Crippen LogP contribution in [0.5, 0.6) is 17.2 Å². The third-order valence-corrected chi connectivity index (χ3v) is 3.36. The largest absolute Gasteiger partial charge is 0.507 e. The fourth-order valence-corrected chi connectivity index (χ4v) is 2.14. The van der Waals surface area contributed by atoms with Gasteiger partial charge in [0.2, 0.25) is 5.75 Å². The molecule has 0 bridgehead atoms. The minimum Gasteiger partial charge on any atom is -0.507 e. The molecule has 1 heterocycles. The third-order valence-electron chi connectivity index (χ3n) is 2.32. The molecule has 1 N–H and O–H groups in total. The van der Waals surface area contributed by atoms with Gasteiger partial charge in [0, 0.05) is 0 Å². The van der Waals surface area contributed by atoms with E-state index in [0.717, 1.165) is 0 Å². The van der Waals surface area contributed by atoms with Crippen LogP contribution in [0.1, 0.15) is 0 Å². The molecule has 0 spiro atoms. The van der Waals surface area contributed by atoms with Crippen molar-refractivity contribution in [1.29, 1.82) is 0 Å². The lowest BCUT2D eigenvalue weighted by Gasteiger charge is -2.09. The van der Waals surface area contributed by atoms with Gasteiger partial charge in [-0.1, -0.05) is 0 Å². The number of methoxy groups -OCH3 is 2. The monoisotopic (exact) mass is 348 g/mol. The molecule has 90 valence electrons. The average molecular weight is 348 g/mol. The summed E-state index contributed by atoms with van der Waals surface area (Å²) < 4.78 is 15.7. The van der Waals surface area contributed by atoms with Gasteiger partial charge in [0.25, 0.3) is 0 Å². The molecular weight excluding hydrogens is 339 g/mol. The molecule has 0 saturated heterocycles. The molecule has 0 fully saturated rings. The maximum Gasteiger partial charge on any atom is 0.383 e. The summed E-state index contributed by atoms with van der Waals surface area (Å²) >= 11 is 1.90. The van der Waals surface area contributed by atoms with Crippen LogP contribution in [0.15, 0.2) is 21.3 Å². The molecule has 0 aliphatic carbocycles. The minimum absolute atomic E-state index is 0.0153. The summed E-state index contributed by atoms with van der Waals surface area (Å²) in [6.45, 7) is 0. The highest BCUT2D eigenvalue weighted by Crippen LogP contribution is 2.36. The number of phenolic OH excluding ortho intramolecular Hbond substituents is 1. The van der Waals surface area contributed by atoms with Crippen LogP contribution in [0.3, 0.4) is 0 Å². The Hall–Kier alpha value is -1.44. The second-order valence-corrected chi connectivity index (χ2v) is 4.31. The molecule has 6 heteroatoms. The number of halogens is 1. The van der Waals surface area contributed by atoms with Crippen molar-refractivity contribution in [2.45, 2.75) is 0 Å². The first-order chi connectivity index (χ1) is 8.10. The molecule has 1 aromatic heterocycles. The van der Waals surface area contributed by atoms with Crippen LogP contribution in [0.2, 0.25) is 0 Å². The molecule has 17 heavy (non-hydrogen) atoms. The summed E-state index contributed by atoms with van der Waals surface area (Å²) in [6.07, 6.45) is 0. The molecule has 5 nitrogen and oxygen atoms in total. The van der Waals surface area contributed by atoms with Gasteiger partial charge in [-0.2, -0.15) is 0 Å². The Morgan fingerprint density at radius 3 is 2.47 bits per heavy atom. The van der Waals surface area contributed by atoms with Crippen molar-refractivity contribution < 1.29 is 19.0 Å². The van der Waals surface area contributed by atoms with Crippen molar-refractivity contribution in [3.8, 4) is 17.2 Å². The van der Waals surface area contributed by atoms with Gasteiger partial charge in [0.1, 0.15) is 5.75 Å². The molecule has 0 atom stereocenters. The SMILES string of the molecule is COc1c(OC)c2ccc(O)c(I)c2oc1=O. The number of hydrogen-bond acceptors (Lipinski definition) is 5. The summed E-state index contributed by atoms with van der Waals surface area (Å²) in [4.78, 5) is 11.7. The number of aromatic hydroxyl groups is 1. The number of benzene rings is 1. The van der Waals surface area contributed by atoms with Crippen LogP contribution in [0.4, 0.5) is 0 Å². The fourth-order valence-electron chi connectivity index (χ4n) is 1.56. The zero-order chi connectivity index (χ0) is 12.6. The standard InChI is InChI=1S/C11H9IO5/c1-15-9-5-3-4-6(13)7(12)8(5)17-11(14)10(9)16-2/h3-4,13H,1-2H3. The van der Waals surface area contributed by atoms with Gasteiger partial charge in [0.15, 0.2) is 11.3 Å². The summed E-state index contributed by atoms with van der Waals surface area (Å²) in [5.74, 6) is 0.367. The number of phenols is 1. The molecule has 0 aliphatic rings. The Balaban J connectivity index is 2.98. The maximum atomic E-state index is 11.7. The molecule has 0 unspecified atom stereocenters. The zero-order valence-corrected chi connectivity index (χ0v) is 11.3. The van der Waals surface area contributed by atoms with Crippen molar-refractivity contribution in [3.05, 3.63) is 26.1 Å². The van der Waals surface area contributed by atoms with E-state index < -0.39 is 5.63 Å². The highest BCUT2D eigenvalue weighted by molar-refractivity contribution is 14.1. The van der Waals surface area contributed by atoms with E-state index in [1.165, 1.54) is 20.3 Å². The van der Waals surface area contributed by atoms with Gasteiger partial charge in [-0.3, -0.25) is 0 Å². The molecule has 2 aromatic rings. The second kappa shape index (κ2) is 4.44. The van der Waals surface area contributed by atoms with Crippen LogP contribution in [0.25, 0.3) is 11.0 Å². The van der Waals surface area contributed by atoms with E-state index in [0.29, 0.717) is 14.7 Å². The Morgan fingerprint density at radius 1 is 1.24 bits per heavy atom. The lowest BCUT2D eigenvalue weighted by atomic mass is 10.2. The maximum absolute atomic E-state index is 11.7. The molecule has 0 saturated carbocycles. The Bertz CT molecular complexity index is 632. The van der Waals surface area contributed by atoms with Gasteiger partial charge in [-0.25, -0.2) is 4.79 Å². The first-order valence-corrected chi connectivity index (χ1v) is 5.74. The van der Waals surface area contributed by atoms with E-state index in [-0.39, 0.29) is 17.1 Å². The van der Waals surface area contributed by atoms with Gasteiger partial charge >= 0.3 is 5.63 Å². The normalized spacial score (nSPS) is 10.5. The predicted octanol–water partition coefficient (Wildman–Crippen LogP) is 2.12. The summed E-state index contributed by atoms with van der Waals surface area (Å²) in [5.41, 5.74) is -0.353. The molecule has 2 rings (SSSR count). The van der Waals surface area contributed by atoms with E-state index in [1.54, 1.807) is 6.07 Å². The van der Waals surface area contributed by atoms with Crippen molar-refractivity contribution >= 4 is 33.6 Å². The molecule has 0 aliphatic heterocycles. The van der Waals surface area contributed by atoms with Gasteiger partial charge < -0.3 is 19.0 Å². The smallest absolute Gasteiger partial charge is 0.383 e. The Morgan fingerprint density at radius 2 is 1.88 bits per heavy atom. The first kappa shape index (κ1) is 12.0. The van der Waals surface area contributed by atoms with Crippen molar-refractivity contribution in [2.75, 3.05) is 14.2 Å². The van der Waals surface area contributed by atoms with Crippen LogP contribution in [-0.2, 0) is 0 Å². The van der Waals surface area contributed by atoms with E-state index in [4.69, 9.17) is 13.9 Å². The lowest BCUT2D eigenvalue weighted by molar-refractivity contribution is 0.338. The average Bonchev–Trinajstić information content (AvgIpc) is 2.33. The van der Waals surface area contributed by atoms with Crippen LogP contribution in [0, 0.1) is 3.57 Å². The number of rotatable bonds is 2.